The van der Waals surface area contributed by atoms with Crippen molar-refractivity contribution in [1.82, 2.24) is 0 Å². The van der Waals surface area contributed by atoms with Crippen molar-refractivity contribution in [3.63, 3.8) is 0 Å². The number of carbonyl (C=O) groups is 1. The van der Waals surface area contributed by atoms with E-state index in [1.807, 2.05) is 18.2 Å². The maximum absolute atomic E-state index is 11.3. The number of carbonyl (C=O) groups excluding carboxylic acids is 1. The minimum Gasteiger partial charge on any atom is -0.410 e. The molecule has 1 aliphatic rings. The van der Waals surface area contributed by atoms with Crippen molar-refractivity contribution in [3.8, 4) is 0 Å². The highest BCUT2D eigenvalue weighted by molar-refractivity contribution is 7.80. The van der Waals surface area contributed by atoms with Crippen LogP contribution in [-0.4, -0.2) is 11.0 Å². The maximum atomic E-state index is 11.3. The quantitative estimate of drug-likeness (QED) is 0.549. The minimum absolute atomic E-state index is 0.299. The molecule has 1 heterocycles. The van der Waals surface area contributed by atoms with Gasteiger partial charge in [0, 0.05) is 5.56 Å². The van der Waals surface area contributed by atoms with Crippen LogP contribution in [0.3, 0.4) is 0 Å². The summed E-state index contributed by atoms with van der Waals surface area (Å²) in [6.45, 7) is 2.11. The molecule has 0 aliphatic carbocycles. The lowest BCUT2D eigenvalue weighted by Crippen LogP contribution is -1.96. The molecule has 0 saturated heterocycles. The number of thiocarbonyl (C=S) groups is 1. The van der Waals surface area contributed by atoms with Gasteiger partial charge in [-0.2, -0.15) is 0 Å². The van der Waals surface area contributed by atoms with Crippen LogP contribution < -0.4 is 0 Å². The molecule has 2 nitrogen and oxygen atoms in total. The van der Waals surface area contributed by atoms with Gasteiger partial charge < -0.3 is 4.74 Å². The Balaban J connectivity index is 2.44. The van der Waals surface area contributed by atoms with E-state index in [9.17, 15) is 4.79 Å². The van der Waals surface area contributed by atoms with Crippen molar-refractivity contribution in [1.29, 1.82) is 0 Å². The summed E-state index contributed by atoms with van der Waals surface area (Å²) in [6, 6.07) is 5.74. The van der Waals surface area contributed by atoms with Crippen LogP contribution in [0.25, 0.3) is 0 Å². The molecule has 0 radical (unpaired) electrons. The number of ether oxygens (including phenoxy) is 1. The number of fused-ring (bicyclic) bond motifs is 1. The van der Waals surface area contributed by atoms with Gasteiger partial charge in [-0.05, 0) is 36.3 Å². The number of benzene rings is 1. The van der Waals surface area contributed by atoms with Crippen LogP contribution in [0.1, 0.15) is 34.8 Å². The number of rotatable bonds is 2. The van der Waals surface area contributed by atoms with Gasteiger partial charge in [-0.15, -0.1) is 0 Å². The molecule has 0 aromatic heterocycles. The van der Waals surface area contributed by atoms with E-state index in [-0.39, 0.29) is 5.97 Å². The fraction of sp³-hybridized carbons (Fsp3) is 0.273. The monoisotopic (exact) mass is 206 g/mol. The molecular formula is C11H10O2S. The molecule has 72 valence electrons. The highest BCUT2D eigenvalue weighted by Gasteiger charge is 2.26. The highest BCUT2D eigenvalue weighted by atomic mass is 32.1. The largest absolute Gasteiger partial charge is 0.410 e. The number of hydrogen-bond acceptors (Lipinski definition) is 3. The van der Waals surface area contributed by atoms with Crippen LogP contribution in [0.2, 0.25) is 0 Å². The van der Waals surface area contributed by atoms with Gasteiger partial charge in [0.1, 0.15) is 0 Å². The van der Waals surface area contributed by atoms with E-state index >= 15 is 0 Å². The summed E-state index contributed by atoms with van der Waals surface area (Å²) in [6.07, 6.45) is 2.05. The third-order valence-corrected chi connectivity index (χ3v) is 2.55. The number of hydrogen-bond donors (Lipinski definition) is 0. The van der Waals surface area contributed by atoms with Crippen molar-refractivity contribution in [3.05, 3.63) is 34.9 Å². The molecule has 0 atom stereocenters. The van der Waals surface area contributed by atoms with Gasteiger partial charge in [-0.3, -0.25) is 0 Å². The highest BCUT2D eigenvalue weighted by Crippen LogP contribution is 2.22. The Labute approximate surface area is 87.9 Å². The van der Waals surface area contributed by atoms with Crippen LogP contribution in [-0.2, 0) is 11.2 Å². The van der Waals surface area contributed by atoms with Gasteiger partial charge in [0.05, 0.1) is 5.56 Å². The molecule has 1 aromatic rings. The molecule has 0 saturated carbocycles. The summed E-state index contributed by atoms with van der Waals surface area (Å²) in [5.74, 6) is -0.317. The lowest BCUT2D eigenvalue weighted by molar-refractivity contribution is 0.0741. The number of aryl methyl sites for hydroxylation is 1. The Morgan fingerprint density at radius 3 is 2.86 bits per heavy atom. The molecular weight excluding hydrogens is 196 g/mol. The SMILES string of the molecule is CCCc1ccc2c(c1)C(=O)OC2=S. The number of esters is 1. The topological polar surface area (TPSA) is 26.3 Å². The average molecular weight is 206 g/mol. The zero-order valence-electron chi connectivity index (χ0n) is 7.87. The van der Waals surface area contributed by atoms with Gasteiger partial charge in [0.2, 0.25) is 5.05 Å². The first-order chi connectivity index (χ1) is 6.72. The Hall–Kier alpha value is -1.22. The fourth-order valence-electron chi connectivity index (χ4n) is 1.58. The molecule has 0 unspecified atom stereocenters. The Morgan fingerprint density at radius 2 is 2.14 bits per heavy atom. The minimum atomic E-state index is -0.317. The van der Waals surface area contributed by atoms with E-state index in [4.69, 9.17) is 17.0 Å². The van der Waals surface area contributed by atoms with E-state index < -0.39 is 0 Å². The zero-order valence-corrected chi connectivity index (χ0v) is 8.69. The summed E-state index contributed by atoms with van der Waals surface area (Å²) >= 11 is 4.92. The lowest BCUT2D eigenvalue weighted by Gasteiger charge is -1.99. The standard InChI is InChI=1S/C11H10O2S/c1-2-3-7-4-5-8-9(6-7)10(12)13-11(8)14/h4-6H,2-3H2,1H3. The summed E-state index contributed by atoms with van der Waals surface area (Å²) in [7, 11) is 0. The molecule has 14 heavy (non-hydrogen) atoms. The van der Waals surface area contributed by atoms with Crippen LogP contribution in [0.15, 0.2) is 18.2 Å². The first-order valence-electron chi connectivity index (χ1n) is 4.62. The Kier molecular flexibility index (Phi) is 2.33. The zero-order chi connectivity index (χ0) is 10.1. The first-order valence-corrected chi connectivity index (χ1v) is 5.02. The van der Waals surface area contributed by atoms with E-state index in [2.05, 4.69) is 6.92 Å². The predicted molar refractivity (Wildman–Crippen MR) is 57.6 cm³/mol. The molecule has 1 aromatic carbocycles. The second kappa shape index (κ2) is 3.50. The third-order valence-electron chi connectivity index (χ3n) is 2.25. The first kappa shape index (κ1) is 9.34. The van der Waals surface area contributed by atoms with Crippen molar-refractivity contribution in [2.45, 2.75) is 19.8 Å². The molecule has 0 bridgehead atoms. The summed E-state index contributed by atoms with van der Waals surface area (Å²) in [4.78, 5) is 11.3. The fourth-order valence-corrected chi connectivity index (χ4v) is 1.83. The van der Waals surface area contributed by atoms with Crippen molar-refractivity contribution >= 4 is 23.2 Å². The van der Waals surface area contributed by atoms with E-state index in [0.29, 0.717) is 10.6 Å². The van der Waals surface area contributed by atoms with Crippen molar-refractivity contribution in [2.75, 3.05) is 0 Å². The molecule has 0 amide bonds. The van der Waals surface area contributed by atoms with Crippen molar-refractivity contribution in [2.24, 2.45) is 0 Å². The normalized spacial score (nSPS) is 14.1. The summed E-state index contributed by atoms with van der Waals surface area (Å²) in [5.41, 5.74) is 2.53. The smallest absolute Gasteiger partial charge is 0.345 e. The van der Waals surface area contributed by atoms with Crippen LogP contribution in [0, 0.1) is 0 Å². The van der Waals surface area contributed by atoms with Crippen LogP contribution in [0.5, 0.6) is 0 Å². The van der Waals surface area contributed by atoms with Gasteiger partial charge in [0.15, 0.2) is 0 Å². The van der Waals surface area contributed by atoms with E-state index in [1.165, 1.54) is 0 Å². The Morgan fingerprint density at radius 1 is 1.36 bits per heavy atom. The molecule has 0 N–H and O–H groups in total. The van der Waals surface area contributed by atoms with Gasteiger partial charge in [-0.1, -0.05) is 19.4 Å². The van der Waals surface area contributed by atoms with Gasteiger partial charge >= 0.3 is 5.97 Å². The second-order valence-corrected chi connectivity index (χ2v) is 3.68. The van der Waals surface area contributed by atoms with Crippen LogP contribution in [0.4, 0.5) is 0 Å². The Bertz CT molecular complexity index is 410. The van der Waals surface area contributed by atoms with Gasteiger partial charge in [0.25, 0.3) is 0 Å². The maximum Gasteiger partial charge on any atom is 0.345 e. The van der Waals surface area contributed by atoms with E-state index in [1.54, 1.807) is 0 Å². The van der Waals surface area contributed by atoms with E-state index in [0.717, 1.165) is 24.0 Å². The second-order valence-electron chi connectivity index (χ2n) is 3.31. The summed E-state index contributed by atoms with van der Waals surface area (Å²) in [5, 5.41) is 0.299. The molecule has 1 aliphatic heterocycles. The van der Waals surface area contributed by atoms with Crippen molar-refractivity contribution < 1.29 is 9.53 Å². The van der Waals surface area contributed by atoms with Crippen LogP contribution >= 0.6 is 12.2 Å². The van der Waals surface area contributed by atoms with Gasteiger partial charge in [-0.25, -0.2) is 4.79 Å². The lowest BCUT2D eigenvalue weighted by atomic mass is 10.0. The molecule has 0 fully saturated rings. The third kappa shape index (κ3) is 1.44. The molecule has 3 heteroatoms. The number of cyclic esters (lactones) is 1. The molecule has 0 spiro atoms. The summed E-state index contributed by atoms with van der Waals surface area (Å²) < 4.78 is 4.86. The molecule has 2 rings (SSSR count). The predicted octanol–water partition coefficient (Wildman–Crippen LogP) is 2.49. The average Bonchev–Trinajstić information content (AvgIpc) is 2.43.